The summed E-state index contributed by atoms with van der Waals surface area (Å²) in [4.78, 5) is 63.4. The summed E-state index contributed by atoms with van der Waals surface area (Å²) in [6.07, 6.45) is -3.87. The smallest absolute Gasteiger partial charge is 0.347 e. The van der Waals surface area contributed by atoms with Crippen LogP contribution in [0.2, 0.25) is 0 Å². The third-order valence-corrected chi connectivity index (χ3v) is 4.40. The van der Waals surface area contributed by atoms with E-state index >= 15 is 0 Å². The van der Waals surface area contributed by atoms with Gasteiger partial charge in [0.2, 0.25) is 0 Å². The Kier molecular flexibility index (Phi) is 12.6. The Hall–Kier alpha value is -3.35. The van der Waals surface area contributed by atoms with Gasteiger partial charge in [0.25, 0.3) is 0 Å². The minimum absolute atomic E-state index is 0.00837. The van der Waals surface area contributed by atoms with Crippen LogP contribution in [0.1, 0.15) is 34.6 Å². The lowest BCUT2D eigenvalue weighted by Crippen LogP contribution is -2.63. The van der Waals surface area contributed by atoms with Crippen molar-refractivity contribution in [3.05, 3.63) is 11.8 Å². The summed E-state index contributed by atoms with van der Waals surface area (Å²) in [6, 6.07) is -1.14. The van der Waals surface area contributed by atoms with E-state index < -0.39 is 66.0 Å². The van der Waals surface area contributed by atoms with Crippen molar-refractivity contribution in [2.75, 3.05) is 19.8 Å². The molecule has 0 amide bonds. The molecule has 0 unspecified atom stereocenters. The SMILES string of the molecule is CCOC(=O)C(=CN[C@@H]1O[C@H](COC(C)=O)[C@@H](OC(C)=O)[C@@H](N=C=S)[C@H]1OC(C)=O)C(=O)OCC. The lowest BCUT2D eigenvalue weighted by atomic mass is 9.95. The van der Waals surface area contributed by atoms with Gasteiger partial charge in [0.05, 0.1) is 18.4 Å². The number of carbonyl (C=O) groups excluding carboxylic acids is 5. The van der Waals surface area contributed by atoms with E-state index in [0.717, 1.165) is 20.0 Å². The average molecular weight is 517 g/mol. The molecule has 0 bridgehead atoms. The van der Waals surface area contributed by atoms with Gasteiger partial charge >= 0.3 is 29.8 Å². The van der Waals surface area contributed by atoms with Crippen LogP contribution < -0.4 is 5.32 Å². The van der Waals surface area contributed by atoms with Crippen LogP contribution in [0.15, 0.2) is 16.8 Å². The van der Waals surface area contributed by atoms with Gasteiger partial charge in [-0.2, -0.15) is 0 Å². The number of hydrogen-bond donors (Lipinski definition) is 1. The van der Waals surface area contributed by atoms with Crippen LogP contribution in [0, 0.1) is 0 Å². The highest BCUT2D eigenvalue weighted by Gasteiger charge is 2.50. The van der Waals surface area contributed by atoms with Crippen molar-refractivity contribution in [2.45, 2.75) is 65.2 Å². The lowest BCUT2D eigenvalue weighted by molar-refractivity contribution is -0.220. The molecular weight excluding hydrogens is 488 g/mol. The van der Waals surface area contributed by atoms with Crippen molar-refractivity contribution in [2.24, 2.45) is 4.99 Å². The average Bonchev–Trinajstić information content (AvgIpc) is 2.76. The summed E-state index contributed by atoms with van der Waals surface area (Å²) in [5, 5.41) is 4.83. The van der Waals surface area contributed by atoms with E-state index in [1.165, 1.54) is 6.92 Å². The van der Waals surface area contributed by atoms with Crippen LogP contribution in [0.25, 0.3) is 0 Å². The molecule has 0 radical (unpaired) electrons. The first kappa shape index (κ1) is 29.7. The summed E-state index contributed by atoms with van der Waals surface area (Å²) in [5.74, 6) is -4.03. The normalized spacial score (nSPS) is 22.9. The maximum atomic E-state index is 12.3. The summed E-state index contributed by atoms with van der Waals surface area (Å²) >= 11 is 4.70. The fourth-order valence-corrected chi connectivity index (χ4v) is 3.17. The summed E-state index contributed by atoms with van der Waals surface area (Å²) in [7, 11) is 0. The number of aliphatic imine (C=N–C) groups is 1. The Morgan fingerprint density at radius 1 is 0.914 bits per heavy atom. The van der Waals surface area contributed by atoms with E-state index in [2.05, 4.69) is 15.5 Å². The number of ether oxygens (including phenoxy) is 6. The van der Waals surface area contributed by atoms with Crippen LogP contribution in [-0.2, 0) is 52.4 Å². The fourth-order valence-electron chi connectivity index (χ4n) is 3.05. The molecule has 0 aromatic carbocycles. The maximum Gasteiger partial charge on any atom is 0.347 e. The zero-order chi connectivity index (χ0) is 26.5. The van der Waals surface area contributed by atoms with Gasteiger partial charge < -0.3 is 33.7 Å². The molecule has 0 aromatic heterocycles. The molecule has 1 rings (SSSR count). The molecule has 35 heavy (non-hydrogen) atoms. The molecule has 0 spiro atoms. The maximum absolute atomic E-state index is 12.3. The summed E-state index contributed by atoms with van der Waals surface area (Å²) in [6.45, 7) is 6.15. The molecule has 0 saturated carbocycles. The van der Waals surface area contributed by atoms with Crippen molar-refractivity contribution in [3.8, 4) is 0 Å². The number of esters is 5. The standard InChI is InChI=1S/C21H28N2O11S/c1-6-29-20(27)14(21(28)30-7-2)8-22-19-18(33-13(5)26)16(23-10-35)17(32-12(4)25)15(34-19)9-31-11(3)24/h8,15-19,22H,6-7,9H2,1-5H3/t15-,16-,17-,18-,19-/m1/s1. The number of rotatable bonds is 11. The molecule has 1 aliphatic rings. The first-order valence-electron chi connectivity index (χ1n) is 10.6. The number of isothiocyanates is 1. The Labute approximate surface area is 207 Å². The quantitative estimate of drug-likeness (QED) is 0.0754. The molecule has 0 aliphatic carbocycles. The van der Waals surface area contributed by atoms with Crippen molar-refractivity contribution in [1.82, 2.24) is 5.32 Å². The van der Waals surface area contributed by atoms with Crippen LogP contribution in [0.3, 0.4) is 0 Å². The predicted molar refractivity (Wildman–Crippen MR) is 120 cm³/mol. The molecule has 1 N–H and O–H groups in total. The predicted octanol–water partition coefficient (Wildman–Crippen LogP) is 0.209. The molecular formula is C21H28N2O11S. The highest BCUT2D eigenvalue weighted by Crippen LogP contribution is 2.28. The van der Waals surface area contributed by atoms with E-state index in [4.69, 9.17) is 40.6 Å². The minimum atomic E-state index is -1.28. The van der Waals surface area contributed by atoms with Crippen LogP contribution in [-0.4, -0.2) is 85.4 Å². The van der Waals surface area contributed by atoms with Crippen molar-refractivity contribution in [3.63, 3.8) is 0 Å². The Bertz CT molecular complexity index is 864. The summed E-state index contributed by atoms with van der Waals surface area (Å²) < 4.78 is 31.3. The molecule has 1 saturated heterocycles. The van der Waals surface area contributed by atoms with Gasteiger partial charge in [-0.25, -0.2) is 14.6 Å². The molecule has 0 aromatic rings. The fraction of sp³-hybridized carbons (Fsp3) is 0.619. The summed E-state index contributed by atoms with van der Waals surface area (Å²) in [5.41, 5.74) is -0.493. The van der Waals surface area contributed by atoms with E-state index in [0.29, 0.717) is 0 Å². The topological polar surface area (TPSA) is 165 Å². The first-order chi connectivity index (χ1) is 16.5. The number of nitrogens with zero attached hydrogens (tertiary/aromatic N) is 1. The van der Waals surface area contributed by atoms with Crippen LogP contribution >= 0.6 is 12.2 Å². The zero-order valence-electron chi connectivity index (χ0n) is 19.9. The molecule has 1 heterocycles. The number of thiocarbonyl (C=S) groups is 1. The Morgan fingerprint density at radius 3 is 1.91 bits per heavy atom. The number of nitrogens with one attached hydrogen (secondary N) is 1. The van der Waals surface area contributed by atoms with Crippen molar-refractivity contribution < 1.29 is 52.4 Å². The Morgan fingerprint density at radius 2 is 1.46 bits per heavy atom. The highest BCUT2D eigenvalue weighted by molar-refractivity contribution is 7.78. The third kappa shape index (κ3) is 9.43. The molecule has 1 aliphatic heterocycles. The van der Waals surface area contributed by atoms with Gasteiger partial charge in [0.1, 0.15) is 18.8 Å². The second-order valence-corrected chi connectivity index (χ2v) is 7.10. The second kappa shape index (κ2) is 14.8. The largest absolute Gasteiger partial charge is 0.463 e. The van der Waals surface area contributed by atoms with Gasteiger partial charge in [-0.05, 0) is 26.1 Å². The number of hydrogen-bond acceptors (Lipinski definition) is 14. The zero-order valence-corrected chi connectivity index (χ0v) is 20.7. The van der Waals surface area contributed by atoms with Gasteiger partial charge in [-0.1, -0.05) is 0 Å². The monoisotopic (exact) mass is 516 g/mol. The van der Waals surface area contributed by atoms with Crippen molar-refractivity contribution >= 4 is 47.2 Å². The van der Waals surface area contributed by atoms with E-state index in [9.17, 15) is 24.0 Å². The molecule has 13 nitrogen and oxygen atoms in total. The molecule has 14 heteroatoms. The van der Waals surface area contributed by atoms with Gasteiger partial charge in [-0.3, -0.25) is 14.4 Å². The van der Waals surface area contributed by atoms with E-state index in [-0.39, 0.29) is 19.8 Å². The van der Waals surface area contributed by atoms with Crippen LogP contribution in [0.4, 0.5) is 0 Å². The van der Waals surface area contributed by atoms with E-state index in [1.54, 1.807) is 13.8 Å². The van der Waals surface area contributed by atoms with Crippen molar-refractivity contribution in [1.29, 1.82) is 0 Å². The second-order valence-electron chi connectivity index (χ2n) is 6.92. The molecule has 5 atom stereocenters. The van der Waals surface area contributed by atoms with E-state index in [1.807, 2.05) is 0 Å². The van der Waals surface area contributed by atoms with Gasteiger partial charge in [0, 0.05) is 27.0 Å². The number of carbonyl (C=O) groups is 5. The third-order valence-electron chi connectivity index (χ3n) is 4.30. The Balaban J connectivity index is 3.46. The minimum Gasteiger partial charge on any atom is -0.463 e. The highest BCUT2D eigenvalue weighted by atomic mass is 32.1. The van der Waals surface area contributed by atoms with Crippen LogP contribution in [0.5, 0.6) is 0 Å². The lowest BCUT2D eigenvalue weighted by Gasteiger charge is -2.43. The van der Waals surface area contributed by atoms with Gasteiger partial charge in [-0.15, -0.1) is 0 Å². The first-order valence-corrected chi connectivity index (χ1v) is 11.0. The molecule has 1 fully saturated rings. The molecule has 194 valence electrons. The van der Waals surface area contributed by atoms with Gasteiger partial charge in [0.15, 0.2) is 24.0 Å².